The third-order valence-corrected chi connectivity index (χ3v) is 4.85. The number of amides is 2. The van der Waals surface area contributed by atoms with E-state index in [-0.39, 0.29) is 11.9 Å². The first kappa shape index (κ1) is 20.9. The van der Waals surface area contributed by atoms with Crippen molar-refractivity contribution in [3.8, 4) is 0 Å². The number of esters is 1. The van der Waals surface area contributed by atoms with E-state index in [1.165, 1.54) is 24.3 Å². The summed E-state index contributed by atoms with van der Waals surface area (Å²) in [6.45, 7) is 0.469. The van der Waals surface area contributed by atoms with Crippen LogP contribution in [0.25, 0.3) is 0 Å². The lowest BCUT2D eigenvalue weighted by atomic mass is 9.88. The van der Waals surface area contributed by atoms with Gasteiger partial charge in [0.15, 0.2) is 0 Å². The van der Waals surface area contributed by atoms with Gasteiger partial charge in [-0.25, -0.2) is 9.59 Å². The lowest BCUT2D eigenvalue weighted by molar-refractivity contribution is 0.0601. The number of methoxy groups -OCH3 is 1. The molecule has 0 bridgehead atoms. The minimum Gasteiger partial charge on any atom is -0.465 e. The Labute approximate surface area is 176 Å². The summed E-state index contributed by atoms with van der Waals surface area (Å²) < 4.78 is 4.70. The zero-order chi connectivity index (χ0) is 21.3. The predicted molar refractivity (Wildman–Crippen MR) is 119 cm³/mol. The number of benzene rings is 3. The highest BCUT2D eigenvalue weighted by Crippen LogP contribution is 2.27. The minimum absolute atomic E-state index is 0.167. The largest absolute Gasteiger partial charge is 0.465 e. The van der Waals surface area contributed by atoms with E-state index >= 15 is 0 Å². The predicted octanol–water partition coefficient (Wildman–Crippen LogP) is 4.40. The maximum Gasteiger partial charge on any atom is 0.337 e. The van der Waals surface area contributed by atoms with Crippen LogP contribution in [0.1, 0.15) is 33.8 Å². The van der Waals surface area contributed by atoms with Crippen molar-refractivity contribution in [3.63, 3.8) is 0 Å². The van der Waals surface area contributed by atoms with E-state index in [1.54, 1.807) is 12.1 Å². The van der Waals surface area contributed by atoms with Crippen molar-refractivity contribution < 1.29 is 14.3 Å². The van der Waals surface area contributed by atoms with E-state index in [4.69, 9.17) is 10.5 Å². The van der Waals surface area contributed by atoms with Crippen LogP contribution in [0, 0.1) is 0 Å². The van der Waals surface area contributed by atoms with Gasteiger partial charge in [-0.15, -0.1) is 0 Å². The van der Waals surface area contributed by atoms with Gasteiger partial charge < -0.3 is 21.1 Å². The fourth-order valence-corrected chi connectivity index (χ4v) is 3.30. The molecule has 0 spiro atoms. The molecule has 2 amide bonds. The third-order valence-electron chi connectivity index (χ3n) is 4.85. The summed E-state index contributed by atoms with van der Waals surface area (Å²) in [5.74, 6) is -0.326. The van der Waals surface area contributed by atoms with E-state index in [2.05, 4.69) is 34.9 Å². The molecule has 4 N–H and O–H groups in total. The lowest BCUT2D eigenvalue weighted by Crippen LogP contribution is -2.30. The molecule has 3 rings (SSSR count). The fourth-order valence-electron chi connectivity index (χ4n) is 3.30. The molecular weight excluding hydrogens is 378 g/mol. The Kier molecular flexibility index (Phi) is 7.05. The number of nitrogens with one attached hydrogen (secondary N) is 2. The number of anilines is 2. The van der Waals surface area contributed by atoms with Gasteiger partial charge in [-0.05, 0) is 35.7 Å². The number of nitrogen functional groups attached to an aromatic ring is 1. The molecule has 0 heterocycles. The molecule has 0 saturated heterocycles. The number of urea groups is 1. The molecule has 6 nitrogen and oxygen atoms in total. The van der Waals surface area contributed by atoms with Gasteiger partial charge in [0.05, 0.1) is 24.0 Å². The Balaban J connectivity index is 1.63. The molecule has 0 atom stereocenters. The maximum atomic E-state index is 12.4. The highest BCUT2D eigenvalue weighted by atomic mass is 16.5. The zero-order valence-electron chi connectivity index (χ0n) is 16.8. The monoisotopic (exact) mass is 403 g/mol. The standard InChI is InChI=1S/C24H25N3O3/c1-30-23(28)19-12-13-21(25)22(16-19)27-24(29)26-15-14-20(17-8-4-2-5-9-17)18-10-6-3-7-11-18/h2-13,16,20H,14-15,25H2,1H3,(H2,26,27,29). The van der Waals surface area contributed by atoms with E-state index in [9.17, 15) is 9.59 Å². The van der Waals surface area contributed by atoms with Gasteiger partial charge in [-0.3, -0.25) is 0 Å². The molecule has 154 valence electrons. The van der Waals surface area contributed by atoms with Gasteiger partial charge in [0.2, 0.25) is 0 Å². The van der Waals surface area contributed by atoms with Crippen molar-refractivity contribution >= 4 is 23.4 Å². The van der Waals surface area contributed by atoms with Crippen LogP contribution < -0.4 is 16.4 Å². The van der Waals surface area contributed by atoms with Crippen LogP contribution in [0.2, 0.25) is 0 Å². The average Bonchev–Trinajstić information content (AvgIpc) is 2.79. The van der Waals surface area contributed by atoms with Crippen LogP contribution in [0.3, 0.4) is 0 Å². The Bertz CT molecular complexity index is 952. The first-order chi connectivity index (χ1) is 14.6. The number of ether oxygens (including phenoxy) is 1. The Morgan fingerprint density at radius 2 is 1.53 bits per heavy atom. The number of rotatable bonds is 7. The number of carbonyl (C=O) groups is 2. The molecule has 0 fully saturated rings. The summed E-state index contributed by atoms with van der Waals surface area (Å²) in [5, 5.41) is 5.57. The molecule has 0 saturated carbocycles. The number of carbonyl (C=O) groups excluding carboxylic acids is 2. The summed E-state index contributed by atoms with van der Waals surface area (Å²) in [6, 6.07) is 24.6. The topological polar surface area (TPSA) is 93.4 Å². The second-order valence-electron chi connectivity index (χ2n) is 6.84. The van der Waals surface area contributed by atoms with Crippen LogP contribution in [0.5, 0.6) is 0 Å². The summed E-state index contributed by atoms with van der Waals surface area (Å²) in [7, 11) is 1.30. The smallest absolute Gasteiger partial charge is 0.337 e. The molecular formula is C24H25N3O3. The summed E-state index contributed by atoms with van der Waals surface area (Å²) in [6.07, 6.45) is 0.735. The molecule has 0 aliphatic heterocycles. The molecule has 0 aliphatic carbocycles. The van der Waals surface area contributed by atoms with E-state index in [0.29, 0.717) is 23.5 Å². The minimum atomic E-state index is -0.493. The van der Waals surface area contributed by atoms with Gasteiger partial charge in [-0.1, -0.05) is 60.7 Å². The van der Waals surface area contributed by atoms with Crippen LogP contribution >= 0.6 is 0 Å². The van der Waals surface area contributed by atoms with Gasteiger partial charge in [0.25, 0.3) is 0 Å². The second kappa shape index (κ2) is 10.1. The highest BCUT2D eigenvalue weighted by molar-refractivity contribution is 5.96. The average molecular weight is 403 g/mol. The normalized spacial score (nSPS) is 10.5. The SMILES string of the molecule is COC(=O)c1ccc(N)c(NC(=O)NCCC(c2ccccc2)c2ccccc2)c1. The van der Waals surface area contributed by atoms with E-state index in [0.717, 1.165) is 6.42 Å². The highest BCUT2D eigenvalue weighted by Gasteiger charge is 2.15. The van der Waals surface area contributed by atoms with Crippen molar-refractivity contribution in [2.24, 2.45) is 0 Å². The third kappa shape index (κ3) is 5.38. The lowest BCUT2D eigenvalue weighted by Gasteiger charge is -2.19. The quantitative estimate of drug-likeness (QED) is 0.403. The van der Waals surface area contributed by atoms with Crippen molar-refractivity contribution in [1.29, 1.82) is 0 Å². The maximum absolute atomic E-state index is 12.4. The molecule has 0 aliphatic rings. The van der Waals surface area contributed by atoms with Crippen LogP contribution in [-0.2, 0) is 4.74 Å². The van der Waals surface area contributed by atoms with Gasteiger partial charge in [0.1, 0.15) is 0 Å². The van der Waals surface area contributed by atoms with E-state index in [1.807, 2.05) is 36.4 Å². The zero-order valence-corrected chi connectivity index (χ0v) is 16.8. The number of hydrogen-bond acceptors (Lipinski definition) is 4. The Morgan fingerprint density at radius 1 is 0.933 bits per heavy atom. The Morgan fingerprint density at radius 3 is 2.10 bits per heavy atom. The molecule has 0 radical (unpaired) electrons. The molecule has 3 aromatic carbocycles. The molecule has 3 aromatic rings. The van der Waals surface area contributed by atoms with Crippen LogP contribution in [0.15, 0.2) is 78.9 Å². The number of hydrogen-bond donors (Lipinski definition) is 3. The molecule has 0 aromatic heterocycles. The second-order valence-corrected chi connectivity index (χ2v) is 6.84. The molecule has 0 unspecified atom stereocenters. The Hall–Kier alpha value is -3.80. The first-order valence-corrected chi connectivity index (χ1v) is 9.71. The van der Waals surface area contributed by atoms with Gasteiger partial charge >= 0.3 is 12.0 Å². The molecule has 30 heavy (non-hydrogen) atoms. The summed E-state index contributed by atoms with van der Waals surface area (Å²) >= 11 is 0. The number of nitrogens with two attached hydrogens (primary N) is 1. The van der Waals surface area contributed by atoms with Gasteiger partial charge in [0, 0.05) is 12.5 Å². The van der Waals surface area contributed by atoms with Gasteiger partial charge in [-0.2, -0.15) is 0 Å². The van der Waals surface area contributed by atoms with Crippen LogP contribution in [0.4, 0.5) is 16.2 Å². The van der Waals surface area contributed by atoms with E-state index < -0.39 is 5.97 Å². The fraction of sp³-hybridized carbons (Fsp3) is 0.167. The molecule has 6 heteroatoms. The van der Waals surface area contributed by atoms with Crippen molar-refractivity contribution in [2.75, 3.05) is 24.7 Å². The van der Waals surface area contributed by atoms with Crippen molar-refractivity contribution in [3.05, 3.63) is 95.6 Å². The van der Waals surface area contributed by atoms with Crippen LogP contribution in [-0.4, -0.2) is 25.7 Å². The summed E-state index contributed by atoms with van der Waals surface area (Å²) in [5.41, 5.74) is 9.34. The van der Waals surface area contributed by atoms with Crippen molar-refractivity contribution in [2.45, 2.75) is 12.3 Å². The first-order valence-electron chi connectivity index (χ1n) is 9.71. The summed E-state index contributed by atoms with van der Waals surface area (Å²) in [4.78, 5) is 24.1. The van der Waals surface area contributed by atoms with Crippen molar-refractivity contribution in [1.82, 2.24) is 5.32 Å².